The number of ether oxygens (including phenoxy) is 2. The Morgan fingerprint density at radius 3 is 2.64 bits per heavy atom. The zero-order chi connectivity index (χ0) is 19.8. The van der Waals surface area contributed by atoms with Crippen LogP contribution in [0.1, 0.15) is 17.5 Å². The van der Waals surface area contributed by atoms with Crippen LogP contribution in [0, 0.1) is 0 Å². The van der Waals surface area contributed by atoms with Gasteiger partial charge in [-0.3, -0.25) is 10.1 Å². The molecule has 2 aromatic carbocycles. The van der Waals surface area contributed by atoms with Crippen LogP contribution in [0.25, 0.3) is 0 Å². The van der Waals surface area contributed by atoms with E-state index in [0.29, 0.717) is 28.9 Å². The fraction of sp³-hybridized carbons (Fsp3) is 0.250. The molecule has 0 aliphatic heterocycles. The molecule has 1 aromatic heterocycles. The number of hydrogen-bond acceptors (Lipinski definition) is 6. The number of nitrogens with zero attached hydrogens (tertiary/aromatic N) is 2. The number of aryl methyl sites for hydroxylation is 1. The average Bonchev–Trinajstić information content (AvgIpc) is 3.15. The Kier molecular flexibility index (Phi) is 7.22. The van der Waals surface area contributed by atoms with Gasteiger partial charge in [0.25, 0.3) is 5.91 Å². The van der Waals surface area contributed by atoms with E-state index in [2.05, 4.69) is 34.6 Å². The third-order valence-electron chi connectivity index (χ3n) is 3.82. The minimum atomic E-state index is -0.324. The summed E-state index contributed by atoms with van der Waals surface area (Å²) in [6.07, 6.45) is 1.61. The molecule has 0 fully saturated rings. The van der Waals surface area contributed by atoms with Crippen LogP contribution in [0.4, 0.5) is 5.13 Å². The largest absolute Gasteiger partial charge is 0.493 e. The number of carbonyl (C=O) groups is 1. The molecule has 0 aliphatic rings. The first-order valence-electron chi connectivity index (χ1n) is 8.85. The van der Waals surface area contributed by atoms with E-state index >= 15 is 0 Å². The molecule has 28 heavy (non-hydrogen) atoms. The van der Waals surface area contributed by atoms with Crippen molar-refractivity contribution in [2.24, 2.45) is 0 Å². The van der Waals surface area contributed by atoms with Gasteiger partial charge in [-0.1, -0.05) is 54.1 Å². The first kappa shape index (κ1) is 20.1. The van der Waals surface area contributed by atoms with E-state index in [0.717, 1.165) is 17.2 Å². The number of hydrogen-bond donors (Lipinski definition) is 1. The molecule has 1 N–H and O–H groups in total. The lowest BCUT2D eigenvalue weighted by Gasteiger charge is -2.06. The summed E-state index contributed by atoms with van der Waals surface area (Å²) in [5, 5.41) is 12.4. The second kappa shape index (κ2) is 10.1. The topological polar surface area (TPSA) is 73.3 Å². The lowest BCUT2D eigenvalue weighted by Crippen LogP contribution is -2.20. The third-order valence-corrected chi connectivity index (χ3v) is 5.04. The summed E-state index contributed by atoms with van der Waals surface area (Å²) in [7, 11) is 0. The van der Waals surface area contributed by atoms with Crippen molar-refractivity contribution in [3.05, 3.63) is 64.1 Å². The Morgan fingerprint density at radius 1 is 1.11 bits per heavy atom. The molecule has 0 bridgehead atoms. The number of carbonyl (C=O) groups excluding carboxylic acids is 1. The van der Waals surface area contributed by atoms with E-state index in [1.165, 1.54) is 16.9 Å². The predicted octanol–water partition coefficient (Wildman–Crippen LogP) is 4.39. The van der Waals surface area contributed by atoms with E-state index in [4.69, 9.17) is 21.1 Å². The van der Waals surface area contributed by atoms with Gasteiger partial charge in [0.05, 0.1) is 11.6 Å². The maximum absolute atomic E-state index is 12.0. The Hall–Kier alpha value is -2.64. The summed E-state index contributed by atoms with van der Waals surface area (Å²) in [5.74, 6) is 0.961. The van der Waals surface area contributed by atoms with Gasteiger partial charge in [-0.25, -0.2) is 0 Å². The second-order valence-corrected chi connectivity index (χ2v) is 7.33. The van der Waals surface area contributed by atoms with Crippen molar-refractivity contribution in [2.45, 2.75) is 19.8 Å². The van der Waals surface area contributed by atoms with Crippen LogP contribution in [0.2, 0.25) is 5.02 Å². The molecule has 0 unspecified atom stereocenters. The summed E-state index contributed by atoms with van der Waals surface area (Å²) >= 11 is 7.30. The minimum Gasteiger partial charge on any atom is -0.493 e. The summed E-state index contributed by atoms with van der Waals surface area (Å²) in [6.45, 7) is 2.45. The monoisotopic (exact) mass is 417 g/mol. The van der Waals surface area contributed by atoms with Crippen LogP contribution in [0.15, 0.2) is 48.5 Å². The van der Waals surface area contributed by atoms with Gasteiger partial charge in [0.2, 0.25) is 5.13 Å². The van der Waals surface area contributed by atoms with E-state index in [1.54, 1.807) is 24.3 Å². The van der Waals surface area contributed by atoms with E-state index in [1.807, 2.05) is 12.1 Å². The highest BCUT2D eigenvalue weighted by Gasteiger charge is 2.10. The number of amides is 1. The molecule has 0 aliphatic carbocycles. The quantitative estimate of drug-likeness (QED) is 0.558. The summed E-state index contributed by atoms with van der Waals surface area (Å²) < 4.78 is 11.1. The first-order valence-corrected chi connectivity index (χ1v) is 10.0. The van der Waals surface area contributed by atoms with Crippen LogP contribution >= 0.6 is 22.9 Å². The molecule has 1 heterocycles. The minimum absolute atomic E-state index is 0.157. The number of halogens is 1. The fourth-order valence-corrected chi connectivity index (χ4v) is 3.27. The molecule has 3 rings (SSSR count). The average molecular weight is 418 g/mol. The number of benzene rings is 2. The Labute approximate surface area is 172 Å². The molecule has 0 radical (unpaired) electrons. The molecule has 0 saturated carbocycles. The molecule has 6 nitrogen and oxygen atoms in total. The molecular weight excluding hydrogens is 398 g/mol. The Bertz CT molecular complexity index is 915. The SMILES string of the molecule is CCc1ccc(OCCc2nnc(NC(=O)COc3ccccc3Cl)s2)cc1. The van der Waals surface area contributed by atoms with Crippen LogP contribution in [-0.4, -0.2) is 29.3 Å². The fourth-order valence-electron chi connectivity index (χ4n) is 2.34. The van der Waals surface area contributed by atoms with Gasteiger partial charge in [-0.2, -0.15) is 0 Å². The zero-order valence-electron chi connectivity index (χ0n) is 15.4. The maximum atomic E-state index is 12.0. The highest BCUT2D eigenvalue weighted by molar-refractivity contribution is 7.15. The van der Waals surface area contributed by atoms with Crippen molar-refractivity contribution in [3.63, 3.8) is 0 Å². The maximum Gasteiger partial charge on any atom is 0.264 e. The number of para-hydroxylation sites is 1. The number of rotatable bonds is 9. The number of aromatic nitrogens is 2. The van der Waals surface area contributed by atoms with Gasteiger partial charge in [-0.15, -0.1) is 10.2 Å². The van der Waals surface area contributed by atoms with Gasteiger partial charge in [0.1, 0.15) is 16.5 Å². The van der Waals surface area contributed by atoms with Crippen LogP contribution < -0.4 is 14.8 Å². The lowest BCUT2D eigenvalue weighted by molar-refractivity contribution is -0.118. The molecule has 1 amide bonds. The second-order valence-electron chi connectivity index (χ2n) is 5.86. The normalized spacial score (nSPS) is 10.5. The van der Waals surface area contributed by atoms with Gasteiger partial charge in [-0.05, 0) is 36.2 Å². The molecule has 3 aromatic rings. The first-order chi connectivity index (χ1) is 13.6. The standard InChI is InChI=1S/C20H20ClN3O3S/c1-2-14-7-9-15(10-8-14)26-12-11-19-23-24-20(28-19)22-18(25)13-27-17-6-4-3-5-16(17)21/h3-10H,2,11-13H2,1H3,(H,22,24,25). The highest BCUT2D eigenvalue weighted by atomic mass is 35.5. The lowest BCUT2D eigenvalue weighted by atomic mass is 10.2. The van der Waals surface area contributed by atoms with Crippen LogP contribution in [0.5, 0.6) is 11.5 Å². The smallest absolute Gasteiger partial charge is 0.264 e. The Balaban J connectivity index is 1.41. The van der Waals surface area contributed by atoms with Gasteiger partial charge in [0.15, 0.2) is 6.61 Å². The molecule has 146 valence electrons. The molecule has 0 saturated heterocycles. The Morgan fingerprint density at radius 2 is 1.89 bits per heavy atom. The van der Waals surface area contributed by atoms with Crippen molar-refractivity contribution in [3.8, 4) is 11.5 Å². The molecule has 8 heteroatoms. The van der Waals surface area contributed by atoms with E-state index in [-0.39, 0.29) is 12.5 Å². The van der Waals surface area contributed by atoms with E-state index in [9.17, 15) is 4.79 Å². The van der Waals surface area contributed by atoms with Crippen molar-refractivity contribution >= 4 is 34.0 Å². The molecule has 0 spiro atoms. The van der Waals surface area contributed by atoms with Gasteiger partial charge in [0, 0.05) is 6.42 Å². The molecular formula is C20H20ClN3O3S. The van der Waals surface area contributed by atoms with Gasteiger partial charge >= 0.3 is 0 Å². The number of nitrogens with one attached hydrogen (secondary N) is 1. The van der Waals surface area contributed by atoms with Crippen LogP contribution in [0.3, 0.4) is 0 Å². The number of anilines is 1. The summed E-state index contributed by atoms with van der Waals surface area (Å²) in [4.78, 5) is 12.0. The van der Waals surface area contributed by atoms with Crippen LogP contribution in [-0.2, 0) is 17.6 Å². The van der Waals surface area contributed by atoms with E-state index < -0.39 is 0 Å². The zero-order valence-corrected chi connectivity index (χ0v) is 16.9. The summed E-state index contributed by atoms with van der Waals surface area (Å²) in [6, 6.07) is 15.0. The summed E-state index contributed by atoms with van der Waals surface area (Å²) in [5.41, 5.74) is 1.27. The predicted molar refractivity (Wildman–Crippen MR) is 111 cm³/mol. The van der Waals surface area contributed by atoms with Crippen molar-refractivity contribution in [1.29, 1.82) is 0 Å². The third kappa shape index (κ3) is 5.94. The molecule has 0 atom stereocenters. The highest BCUT2D eigenvalue weighted by Crippen LogP contribution is 2.23. The van der Waals surface area contributed by atoms with Crippen molar-refractivity contribution in [2.75, 3.05) is 18.5 Å². The van der Waals surface area contributed by atoms with Crippen molar-refractivity contribution in [1.82, 2.24) is 10.2 Å². The van der Waals surface area contributed by atoms with Crippen molar-refractivity contribution < 1.29 is 14.3 Å². The van der Waals surface area contributed by atoms with Gasteiger partial charge < -0.3 is 9.47 Å².